The predicted molar refractivity (Wildman–Crippen MR) is 80.8 cm³/mol. The third-order valence-corrected chi connectivity index (χ3v) is 2.97. The fraction of sp³-hybridized carbons (Fsp3) is 0.125. The minimum absolute atomic E-state index is 0.0832. The first-order valence-electron chi connectivity index (χ1n) is 6.39. The van der Waals surface area contributed by atoms with Crippen LogP contribution in [0.2, 0.25) is 0 Å². The van der Waals surface area contributed by atoms with E-state index >= 15 is 0 Å². The molecule has 0 aliphatic heterocycles. The van der Waals surface area contributed by atoms with E-state index in [9.17, 15) is 9.90 Å². The summed E-state index contributed by atoms with van der Waals surface area (Å²) in [4.78, 5) is 11.9. The number of carbonyl (C=O) groups excluding carboxylic acids is 1. The summed E-state index contributed by atoms with van der Waals surface area (Å²) in [6.07, 6.45) is 0. The quantitative estimate of drug-likeness (QED) is 0.669. The summed E-state index contributed by atoms with van der Waals surface area (Å²) < 4.78 is 5.24. The average molecular weight is 284 g/mol. The average Bonchev–Trinajstić information content (AvgIpc) is 2.52. The van der Waals surface area contributed by atoms with Crippen LogP contribution in [0.3, 0.4) is 0 Å². The second-order valence-corrected chi connectivity index (χ2v) is 4.36. The summed E-state index contributed by atoms with van der Waals surface area (Å²) in [5.41, 5.74) is 3.99. The summed E-state index contributed by atoms with van der Waals surface area (Å²) in [7, 11) is 1.58. The highest BCUT2D eigenvalue weighted by molar-refractivity contribution is 6.03. The van der Waals surface area contributed by atoms with Gasteiger partial charge in [-0.05, 0) is 31.2 Å². The van der Waals surface area contributed by atoms with Crippen LogP contribution in [0.4, 0.5) is 0 Å². The van der Waals surface area contributed by atoms with Crippen LogP contribution in [0, 0.1) is 0 Å². The van der Waals surface area contributed by atoms with E-state index < -0.39 is 5.91 Å². The lowest BCUT2D eigenvalue weighted by molar-refractivity contribution is 0.0952. The first-order chi connectivity index (χ1) is 10.1. The van der Waals surface area contributed by atoms with Crippen LogP contribution in [0.5, 0.6) is 11.5 Å². The number of carbonyl (C=O) groups is 1. The smallest absolute Gasteiger partial charge is 0.275 e. The number of hydrazone groups is 1. The molecular weight excluding hydrogens is 268 g/mol. The van der Waals surface area contributed by atoms with E-state index in [1.165, 1.54) is 12.1 Å². The number of amides is 1. The Balaban J connectivity index is 2.17. The molecule has 0 saturated heterocycles. The third kappa shape index (κ3) is 3.39. The van der Waals surface area contributed by atoms with E-state index in [-0.39, 0.29) is 11.3 Å². The van der Waals surface area contributed by atoms with Gasteiger partial charge in [0.05, 0.1) is 18.4 Å². The van der Waals surface area contributed by atoms with Gasteiger partial charge >= 0.3 is 0 Å². The van der Waals surface area contributed by atoms with Crippen molar-refractivity contribution in [3.8, 4) is 11.5 Å². The van der Waals surface area contributed by atoms with Gasteiger partial charge in [0, 0.05) is 5.56 Å². The van der Waals surface area contributed by atoms with E-state index in [0.717, 1.165) is 5.56 Å². The number of phenolic OH excluding ortho intramolecular Hbond substituents is 1. The Morgan fingerprint density at radius 1 is 1.10 bits per heavy atom. The second kappa shape index (κ2) is 6.56. The van der Waals surface area contributed by atoms with Crippen molar-refractivity contribution in [2.75, 3.05) is 7.11 Å². The molecule has 0 fully saturated rings. The molecule has 0 heterocycles. The first kappa shape index (κ1) is 14.6. The van der Waals surface area contributed by atoms with Crippen LogP contribution in [-0.4, -0.2) is 23.8 Å². The normalized spacial score (nSPS) is 11.0. The van der Waals surface area contributed by atoms with Gasteiger partial charge in [0.15, 0.2) is 0 Å². The van der Waals surface area contributed by atoms with E-state index in [1.54, 1.807) is 26.2 Å². The van der Waals surface area contributed by atoms with Crippen LogP contribution in [0.1, 0.15) is 22.8 Å². The second-order valence-electron chi connectivity index (χ2n) is 4.36. The molecule has 2 N–H and O–H groups in total. The standard InChI is InChI=1S/C16H16N2O3/c1-11(12-7-4-6-10-15(12)21-2)17-18-16(20)13-8-3-5-9-14(13)19/h3-10,19H,1-2H3,(H,18,20)/b17-11-. The molecule has 5 nitrogen and oxygen atoms in total. The molecule has 0 aromatic heterocycles. The van der Waals surface area contributed by atoms with Gasteiger partial charge in [-0.3, -0.25) is 4.79 Å². The molecule has 0 atom stereocenters. The summed E-state index contributed by atoms with van der Waals surface area (Å²) >= 11 is 0. The SMILES string of the molecule is COc1ccccc1/C(C)=N\NC(=O)c1ccccc1O. The topological polar surface area (TPSA) is 70.9 Å². The van der Waals surface area contributed by atoms with Crippen molar-refractivity contribution >= 4 is 11.6 Å². The molecule has 108 valence electrons. The van der Waals surface area contributed by atoms with Crippen molar-refractivity contribution in [2.45, 2.75) is 6.92 Å². The monoisotopic (exact) mass is 284 g/mol. The Labute approximate surface area is 122 Å². The molecule has 1 amide bonds. The maximum absolute atomic E-state index is 11.9. The molecule has 5 heteroatoms. The van der Waals surface area contributed by atoms with Gasteiger partial charge < -0.3 is 9.84 Å². The molecule has 0 spiro atoms. The van der Waals surface area contributed by atoms with Crippen LogP contribution in [-0.2, 0) is 0 Å². The number of aromatic hydroxyl groups is 1. The molecule has 0 aliphatic carbocycles. The summed E-state index contributed by atoms with van der Waals surface area (Å²) in [5.74, 6) is 0.123. The number of benzene rings is 2. The number of nitrogens with one attached hydrogen (secondary N) is 1. The van der Waals surface area contributed by atoms with E-state index in [2.05, 4.69) is 10.5 Å². The number of hydrogen-bond acceptors (Lipinski definition) is 4. The maximum Gasteiger partial charge on any atom is 0.275 e. The lowest BCUT2D eigenvalue weighted by atomic mass is 10.1. The van der Waals surface area contributed by atoms with Crippen molar-refractivity contribution in [3.05, 3.63) is 59.7 Å². The molecule has 2 rings (SSSR count). The number of para-hydroxylation sites is 2. The number of ether oxygens (including phenoxy) is 1. The van der Waals surface area contributed by atoms with Crippen molar-refractivity contribution in [1.29, 1.82) is 0 Å². The predicted octanol–water partition coefficient (Wildman–Crippen LogP) is 2.55. The van der Waals surface area contributed by atoms with E-state index in [4.69, 9.17) is 4.74 Å². The number of methoxy groups -OCH3 is 1. The lowest BCUT2D eigenvalue weighted by Gasteiger charge is -2.08. The van der Waals surface area contributed by atoms with Gasteiger partial charge in [-0.25, -0.2) is 5.43 Å². The van der Waals surface area contributed by atoms with Crippen LogP contribution < -0.4 is 10.2 Å². The Morgan fingerprint density at radius 2 is 1.71 bits per heavy atom. The number of rotatable bonds is 4. The molecule has 0 saturated carbocycles. The zero-order valence-corrected chi connectivity index (χ0v) is 11.8. The van der Waals surface area contributed by atoms with E-state index in [0.29, 0.717) is 11.5 Å². The first-order valence-corrected chi connectivity index (χ1v) is 6.39. The number of hydrogen-bond donors (Lipinski definition) is 2. The van der Waals surface area contributed by atoms with Crippen molar-refractivity contribution in [1.82, 2.24) is 5.43 Å². The molecule has 0 radical (unpaired) electrons. The van der Waals surface area contributed by atoms with Crippen LogP contribution in [0.25, 0.3) is 0 Å². The highest BCUT2D eigenvalue weighted by atomic mass is 16.5. The fourth-order valence-electron chi connectivity index (χ4n) is 1.86. The molecule has 0 aliphatic rings. The highest BCUT2D eigenvalue weighted by Gasteiger charge is 2.10. The summed E-state index contributed by atoms with van der Waals surface area (Å²) in [6, 6.07) is 13.7. The maximum atomic E-state index is 11.9. The van der Waals surface area contributed by atoms with Gasteiger partial charge in [0.2, 0.25) is 0 Å². The Kier molecular flexibility index (Phi) is 4.56. The van der Waals surface area contributed by atoms with Crippen LogP contribution >= 0.6 is 0 Å². The van der Waals surface area contributed by atoms with Crippen molar-refractivity contribution < 1.29 is 14.6 Å². The number of phenols is 1. The molecular formula is C16H16N2O3. The fourth-order valence-corrected chi connectivity index (χ4v) is 1.86. The zero-order valence-electron chi connectivity index (χ0n) is 11.8. The lowest BCUT2D eigenvalue weighted by Crippen LogP contribution is -2.19. The van der Waals surface area contributed by atoms with Crippen LogP contribution in [0.15, 0.2) is 53.6 Å². The minimum atomic E-state index is -0.470. The Morgan fingerprint density at radius 3 is 2.38 bits per heavy atom. The molecule has 0 unspecified atom stereocenters. The molecule has 2 aromatic carbocycles. The molecule has 21 heavy (non-hydrogen) atoms. The largest absolute Gasteiger partial charge is 0.507 e. The minimum Gasteiger partial charge on any atom is -0.507 e. The van der Waals surface area contributed by atoms with Gasteiger partial charge in [-0.2, -0.15) is 5.10 Å². The van der Waals surface area contributed by atoms with Gasteiger partial charge in [0.1, 0.15) is 11.5 Å². The van der Waals surface area contributed by atoms with Gasteiger partial charge in [-0.1, -0.05) is 24.3 Å². The Hall–Kier alpha value is -2.82. The molecule has 0 bridgehead atoms. The summed E-state index contributed by atoms with van der Waals surface area (Å²) in [6.45, 7) is 1.77. The summed E-state index contributed by atoms with van der Waals surface area (Å²) in [5, 5.41) is 13.7. The Bertz CT molecular complexity index is 681. The zero-order chi connectivity index (χ0) is 15.2. The van der Waals surface area contributed by atoms with Crippen molar-refractivity contribution in [2.24, 2.45) is 5.10 Å². The van der Waals surface area contributed by atoms with Gasteiger partial charge in [-0.15, -0.1) is 0 Å². The van der Waals surface area contributed by atoms with Gasteiger partial charge in [0.25, 0.3) is 5.91 Å². The number of nitrogens with zero attached hydrogens (tertiary/aromatic N) is 1. The van der Waals surface area contributed by atoms with Crippen molar-refractivity contribution in [3.63, 3.8) is 0 Å². The highest BCUT2D eigenvalue weighted by Crippen LogP contribution is 2.18. The molecule has 2 aromatic rings. The van der Waals surface area contributed by atoms with E-state index in [1.807, 2.05) is 24.3 Å². The third-order valence-electron chi connectivity index (χ3n) is 2.97.